The van der Waals surface area contributed by atoms with E-state index in [9.17, 15) is 13.2 Å². The van der Waals surface area contributed by atoms with E-state index in [4.69, 9.17) is 4.42 Å². The molecule has 0 bridgehead atoms. The monoisotopic (exact) mass is 385 g/mol. The molecule has 0 atom stereocenters. The van der Waals surface area contributed by atoms with E-state index >= 15 is 0 Å². The molecular formula is C19H19N3O4S. The number of hydrogen-bond acceptors (Lipinski definition) is 5. The fourth-order valence-electron chi connectivity index (χ4n) is 2.41. The minimum atomic E-state index is -3.66. The lowest BCUT2D eigenvalue weighted by molar-refractivity contribution is -0.116. The maximum atomic E-state index is 12.3. The first-order chi connectivity index (χ1) is 13.0. The van der Waals surface area contributed by atoms with Crippen LogP contribution in [0.25, 0.3) is 0 Å². The van der Waals surface area contributed by atoms with Crippen LogP contribution in [0.1, 0.15) is 17.7 Å². The Kier molecular flexibility index (Phi) is 6.00. The van der Waals surface area contributed by atoms with E-state index < -0.39 is 10.0 Å². The zero-order valence-corrected chi connectivity index (χ0v) is 15.3. The number of aromatic nitrogens is 1. The molecule has 8 heteroatoms. The third-order valence-corrected chi connectivity index (χ3v) is 5.25. The summed E-state index contributed by atoms with van der Waals surface area (Å²) in [6.07, 6.45) is 5.79. The van der Waals surface area contributed by atoms with E-state index in [1.54, 1.807) is 36.7 Å². The molecule has 2 N–H and O–H groups in total. The minimum Gasteiger partial charge on any atom is -0.468 e. The molecule has 2 aromatic heterocycles. The highest BCUT2D eigenvalue weighted by atomic mass is 32.2. The number of benzene rings is 1. The van der Waals surface area contributed by atoms with Gasteiger partial charge in [-0.1, -0.05) is 6.07 Å². The van der Waals surface area contributed by atoms with E-state index in [2.05, 4.69) is 15.0 Å². The van der Waals surface area contributed by atoms with Gasteiger partial charge in [0, 0.05) is 24.5 Å². The van der Waals surface area contributed by atoms with Crippen molar-refractivity contribution in [3.05, 3.63) is 78.5 Å². The van der Waals surface area contributed by atoms with Crippen LogP contribution in [-0.2, 0) is 27.8 Å². The second-order valence-corrected chi connectivity index (χ2v) is 7.60. The van der Waals surface area contributed by atoms with Gasteiger partial charge in [0.15, 0.2) is 0 Å². The Hall–Kier alpha value is -2.97. The lowest BCUT2D eigenvalue weighted by atomic mass is 10.1. The lowest BCUT2D eigenvalue weighted by Crippen LogP contribution is -2.23. The van der Waals surface area contributed by atoms with Crippen molar-refractivity contribution in [3.63, 3.8) is 0 Å². The molecule has 0 spiro atoms. The Morgan fingerprint density at radius 2 is 1.89 bits per heavy atom. The Morgan fingerprint density at radius 3 is 2.56 bits per heavy atom. The quantitative estimate of drug-likeness (QED) is 0.621. The molecule has 7 nitrogen and oxygen atoms in total. The van der Waals surface area contributed by atoms with Crippen LogP contribution in [0.4, 0.5) is 5.69 Å². The summed E-state index contributed by atoms with van der Waals surface area (Å²) in [5, 5.41) is 2.76. The fraction of sp³-hybridized carbons (Fsp3) is 0.158. The summed E-state index contributed by atoms with van der Waals surface area (Å²) >= 11 is 0. The number of amides is 1. The predicted molar refractivity (Wildman–Crippen MR) is 100 cm³/mol. The molecule has 3 rings (SSSR count). The van der Waals surface area contributed by atoms with Gasteiger partial charge < -0.3 is 9.73 Å². The molecule has 0 radical (unpaired) electrons. The SMILES string of the molecule is O=C(CCc1cccnc1)Nc1ccc(S(=O)(=O)NCc2ccco2)cc1. The number of nitrogens with one attached hydrogen (secondary N) is 2. The van der Waals surface area contributed by atoms with Crippen molar-refractivity contribution in [3.8, 4) is 0 Å². The molecule has 0 aliphatic rings. The van der Waals surface area contributed by atoms with Crippen LogP contribution in [0, 0.1) is 0 Å². The summed E-state index contributed by atoms with van der Waals surface area (Å²) in [5.41, 5.74) is 1.52. The summed E-state index contributed by atoms with van der Waals surface area (Å²) < 4.78 is 32.1. The van der Waals surface area contributed by atoms with E-state index in [0.29, 0.717) is 24.3 Å². The van der Waals surface area contributed by atoms with E-state index in [1.807, 2.05) is 12.1 Å². The maximum Gasteiger partial charge on any atom is 0.240 e. The number of carbonyl (C=O) groups excluding carboxylic acids is 1. The number of carbonyl (C=O) groups is 1. The third kappa shape index (κ3) is 5.50. The highest BCUT2D eigenvalue weighted by Gasteiger charge is 2.14. The average Bonchev–Trinajstić information content (AvgIpc) is 3.20. The highest BCUT2D eigenvalue weighted by molar-refractivity contribution is 7.89. The predicted octanol–water partition coefficient (Wildman–Crippen LogP) is 2.72. The van der Waals surface area contributed by atoms with Gasteiger partial charge in [0.05, 0.1) is 17.7 Å². The molecule has 1 amide bonds. The second kappa shape index (κ2) is 8.61. The normalized spacial score (nSPS) is 11.3. The van der Waals surface area contributed by atoms with Gasteiger partial charge in [0.2, 0.25) is 15.9 Å². The molecule has 27 heavy (non-hydrogen) atoms. The molecule has 1 aromatic carbocycles. The van der Waals surface area contributed by atoms with Crippen LogP contribution < -0.4 is 10.0 Å². The van der Waals surface area contributed by atoms with Crippen LogP contribution in [-0.4, -0.2) is 19.3 Å². The number of sulfonamides is 1. The van der Waals surface area contributed by atoms with Crippen molar-refractivity contribution in [1.82, 2.24) is 9.71 Å². The molecule has 0 fully saturated rings. The lowest BCUT2D eigenvalue weighted by Gasteiger charge is -2.08. The molecule has 0 aliphatic carbocycles. The first kappa shape index (κ1) is 18.8. The number of nitrogens with zero attached hydrogens (tertiary/aromatic N) is 1. The van der Waals surface area contributed by atoms with Gasteiger partial charge in [-0.15, -0.1) is 0 Å². The third-order valence-electron chi connectivity index (χ3n) is 3.83. The van der Waals surface area contributed by atoms with Gasteiger partial charge in [-0.25, -0.2) is 13.1 Å². The summed E-state index contributed by atoms with van der Waals surface area (Å²) in [4.78, 5) is 16.2. The molecule has 3 aromatic rings. The van der Waals surface area contributed by atoms with Gasteiger partial charge in [-0.05, 0) is 54.4 Å². The number of hydrogen-bond donors (Lipinski definition) is 2. The van der Waals surface area contributed by atoms with Gasteiger partial charge in [0.25, 0.3) is 0 Å². The van der Waals surface area contributed by atoms with Crippen molar-refractivity contribution in [2.45, 2.75) is 24.3 Å². The van der Waals surface area contributed by atoms with Crippen molar-refractivity contribution in [2.24, 2.45) is 0 Å². The van der Waals surface area contributed by atoms with E-state index in [-0.39, 0.29) is 17.3 Å². The van der Waals surface area contributed by atoms with Crippen LogP contribution in [0.5, 0.6) is 0 Å². The summed E-state index contributed by atoms with van der Waals surface area (Å²) in [5.74, 6) is 0.376. The number of anilines is 1. The Labute approximate surface area is 157 Å². The second-order valence-electron chi connectivity index (χ2n) is 5.84. The molecule has 140 valence electrons. The maximum absolute atomic E-state index is 12.3. The van der Waals surface area contributed by atoms with Crippen molar-refractivity contribution >= 4 is 21.6 Å². The fourth-order valence-corrected chi connectivity index (χ4v) is 3.40. The molecule has 0 aliphatic heterocycles. The first-order valence-electron chi connectivity index (χ1n) is 8.34. The number of rotatable bonds is 8. The topological polar surface area (TPSA) is 101 Å². The molecule has 0 unspecified atom stereocenters. The zero-order chi connectivity index (χ0) is 19.1. The van der Waals surface area contributed by atoms with Crippen molar-refractivity contribution < 1.29 is 17.6 Å². The summed E-state index contributed by atoms with van der Waals surface area (Å²) in [6, 6.07) is 13.1. The molecular weight excluding hydrogens is 366 g/mol. The molecule has 2 heterocycles. The van der Waals surface area contributed by atoms with Gasteiger partial charge >= 0.3 is 0 Å². The van der Waals surface area contributed by atoms with E-state index in [1.165, 1.54) is 18.4 Å². The first-order valence-corrected chi connectivity index (χ1v) is 9.82. The van der Waals surface area contributed by atoms with Crippen LogP contribution in [0.15, 0.2) is 76.5 Å². The standard InChI is InChI=1S/C19H19N3O4S/c23-19(10-5-15-3-1-11-20-13-15)22-16-6-8-18(9-7-16)27(24,25)21-14-17-4-2-12-26-17/h1-4,6-9,11-13,21H,5,10,14H2,(H,22,23). The molecule has 0 saturated heterocycles. The number of aryl methyl sites for hydroxylation is 1. The largest absolute Gasteiger partial charge is 0.468 e. The Bertz CT molecular complexity index is 970. The van der Waals surface area contributed by atoms with Crippen LogP contribution in [0.3, 0.4) is 0 Å². The summed E-state index contributed by atoms with van der Waals surface area (Å²) in [7, 11) is -3.66. The van der Waals surface area contributed by atoms with Gasteiger partial charge in [-0.2, -0.15) is 0 Å². The average molecular weight is 385 g/mol. The van der Waals surface area contributed by atoms with Gasteiger partial charge in [0.1, 0.15) is 5.76 Å². The minimum absolute atomic E-state index is 0.0716. The Morgan fingerprint density at radius 1 is 1.07 bits per heavy atom. The van der Waals surface area contributed by atoms with Crippen molar-refractivity contribution in [1.29, 1.82) is 0 Å². The smallest absolute Gasteiger partial charge is 0.240 e. The van der Waals surface area contributed by atoms with Crippen molar-refractivity contribution in [2.75, 3.05) is 5.32 Å². The number of pyridine rings is 1. The zero-order valence-electron chi connectivity index (χ0n) is 14.5. The molecule has 0 saturated carbocycles. The highest BCUT2D eigenvalue weighted by Crippen LogP contribution is 2.15. The van der Waals surface area contributed by atoms with Gasteiger partial charge in [-0.3, -0.25) is 9.78 Å². The summed E-state index contributed by atoms with van der Waals surface area (Å²) in [6.45, 7) is 0.0716. The number of furan rings is 1. The van der Waals surface area contributed by atoms with Crippen LogP contribution >= 0.6 is 0 Å². The Balaban J connectivity index is 1.53. The van der Waals surface area contributed by atoms with E-state index in [0.717, 1.165) is 5.56 Å². The van der Waals surface area contributed by atoms with Crippen LogP contribution in [0.2, 0.25) is 0 Å².